The second kappa shape index (κ2) is 11.5. The number of hydrogen-bond donors (Lipinski definition) is 1. The number of unbranched alkanes of at least 4 members (excludes halogenated alkanes) is 1. The number of nitrogens with zero attached hydrogens (tertiary/aromatic N) is 3. The summed E-state index contributed by atoms with van der Waals surface area (Å²) in [7, 11) is 1.76. The monoisotopic (exact) mass is 462 g/mol. The van der Waals surface area contributed by atoms with Gasteiger partial charge >= 0.3 is 0 Å². The minimum absolute atomic E-state index is 0.0965. The third-order valence-corrected chi connectivity index (χ3v) is 6.31. The van der Waals surface area contributed by atoms with Gasteiger partial charge in [0.05, 0.1) is 11.9 Å². The van der Waals surface area contributed by atoms with Crippen LogP contribution in [-0.2, 0) is 13.0 Å². The van der Waals surface area contributed by atoms with Gasteiger partial charge in [-0.15, -0.1) is 0 Å². The van der Waals surface area contributed by atoms with E-state index in [4.69, 9.17) is 0 Å². The first kappa shape index (κ1) is 23.6. The Morgan fingerprint density at radius 1 is 1.28 bits per heavy atom. The zero-order valence-corrected chi connectivity index (χ0v) is 19.8. The Bertz CT molecular complexity index is 804. The Labute approximate surface area is 183 Å². The number of aromatic nitrogens is 3. The number of hydrogen-bond acceptors (Lipinski definition) is 4. The van der Waals surface area contributed by atoms with E-state index in [0.29, 0.717) is 22.1 Å². The van der Waals surface area contributed by atoms with Crippen LogP contribution in [0.15, 0.2) is 40.0 Å². The normalized spacial score (nSPS) is 17.9. The molecule has 1 unspecified atom stereocenters. The van der Waals surface area contributed by atoms with Crippen molar-refractivity contribution < 1.29 is 0 Å². The molecule has 160 valence electrons. The highest BCUT2D eigenvalue weighted by molar-refractivity contribution is 9.10. The molecule has 0 bridgehead atoms. The largest absolute Gasteiger partial charge is 0.386 e. The summed E-state index contributed by atoms with van der Waals surface area (Å²) in [6.45, 7) is 7.79. The maximum absolute atomic E-state index is 12.0. The van der Waals surface area contributed by atoms with E-state index in [1.165, 1.54) is 35.9 Å². The van der Waals surface area contributed by atoms with Crippen molar-refractivity contribution in [1.29, 1.82) is 0 Å². The third kappa shape index (κ3) is 7.92. The van der Waals surface area contributed by atoms with Crippen LogP contribution in [0.1, 0.15) is 64.9 Å². The minimum atomic E-state index is -0.0965. The van der Waals surface area contributed by atoms with E-state index in [-0.39, 0.29) is 5.56 Å². The molecule has 0 spiro atoms. The highest BCUT2D eigenvalue weighted by atomic mass is 79.9. The molecule has 1 N–H and O–H groups in total. The summed E-state index contributed by atoms with van der Waals surface area (Å²) in [5.74, 6) is 0.980. The average molecular weight is 463 g/mol. The fourth-order valence-electron chi connectivity index (χ4n) is 4.02. The Morgan fingerprint density at radius 3 is 2.59 bits per heavy atom. The van der Waals surface area contributed by atoms with Gasteiger partial charge in [0.25, 0.3) is 5.56 Å². The van der Waals surface area contributed by atoms with Gasteiger partial charge in [-0.25, -0.2) is 4.68 Å². The first-order valence-corrected chi connectivity index (χ1v) is 11.4. The van der Waals surface area contributed by atoms with Crippen LogP contribution in [0.25, 0.3) is 0 Å². The first-order chi connectivity index (χ1) is 13.8. The molecule has 1 fully saturated rings. The van der Waals surface area contributed by atoms with Crippen molar-refractivity contribution >= 4 is 21.6 Å². The van der Waals surface area contributed by atoms with Gasteiger partial charge in [-0.3, -0.25) is 9.78 Å². The van der Waals surface area contributed by atoms with Crippen LogP contribution < -0.4 is 10.9 Å². The summed E-state index contributed by atoms with van der Waals surface area (Å²) >= 11 is 3.29. The second-order valence-corrected chi connectivity index (χ2v) is 9.62. The van der Waals surface area contributed by atoms with E-state index in [1.807, 2.05) is 12.1 Å². The molecule has 2 aromatic heterocycles. The molecule has 1 aliphatic carbocycles. The fraction of sp³-hybridized carbons (Fsp3) is 0.609. The minimum Gasteiger partial charge on any atom is -0.386 e. The van der Waals surface area contributed by atoms with E-state index >= 15 is 0 Å². The van der Waals surface area contributed by atoms with Crippen molar-refractivity contribution in [3.8, 4) is 0 Å². The van der Waals surface area contributed by atoms with Crippen molar-refractivity contribution in [2.75, 3.05) is 12.4 Å². The van der Waals surface area contributed by atoms with E-state index in [0.717, 1.165) is 25.2 Å². The standard InChI is InChI=1S/C14H17BrN4O.C9H18/c1-16-12-10-18-19(14(20)13(12)15)9-3-2-4-11-5-7-17-8-6-11;1-8-5-4-6-9(2,3)7-8/h5-8,10,16H,2-4,9H2,1H3;8H,4-7H2,1-3H3. The SMILES string of the molecule is CC1CCCC(C)(C)C1.CNc1cnn(CCCCc2ccncc2)c(=O)c1Br. The third-order valence-electron chi connectivity index (χ3n) is 5.54. The molecule has 0 aromatic carbocycles. The van der Waals surface area contributed by atoms with Gasteiger partial charge in [0.1, 0.15) is 4.47 Å². The molecular formula is C23H35BrN4O. The number of anilines is 1. The van der Waals surface area contributed by atoms with Gasteiger partial charge in [0, 0.05) is 26.0 Å². The zero-order valence-electron chi connectivity index (χ0n) is 18.2. The fourth-order valence-corrected chi connectivity index (χ4v) is 4.52. The lowest BCUT2D eigenvalue weighted by Crippen LogP contribution is -2.24. The summed E-state index contributed by atoms with van der Waals surface area (Å²) in [6.07, 6.45) is 14.0. The highest BCUT2D eigenvalue weighted by Gasteiger charge is 2.24. The lowest BCUT2D eigenvalue weighted by Gasteiger charge is -2.33. The van der Waals surface area contributed by atoms with Crippen LogP contribution in [0.3, 0.4) is 0 Å². The van der Waals surface area contributed by atoms with Crippen LogP contribution >= 0.6 is 15.9 Å². The Morgan fingerprint density at radius 2 is 2.00 bits per heavy atom. The van der Waals surface area contributed by atoms with Gasteiger partial charge in [-0.1, -0.05) is 33.6 Å². The smallest absolute Gasteiger partial charge is 0.283 e. The Kier molecular flexibility index (Phi) is 9.34. The lowest BCUT2D eigenvalue weighted by atomic mass is 9.73. The summed E-state index contributed by atoms with van der Waals surface area (Å²) in [6, 6.07) is 4.03. The van der Waals surface area contributed by atoms with Gasteiger partial charge in [0.2, 0.25) is 0 Å². The molecule has 3 rings (SSSR count). The molecule has 1 aliphatic rings. The Hall–Kier alpha value is -1.69. The van der Waals surface area contributed by atoms with Gasteiger partial charge in [-0.05, 0) is 77.1 Å². The average Bonchev–Trinajstić information content (AvgIpc) is 2.69. The van der Waals surface area contributed by atoms with Crippen molar-refractivity contribution in [3.05, 3.63) is 51.1 Å². The molecule has 2 heterocycles. The summed E-state index contributed by atoms with van der Waals surface area (Å²) in [4.78, 5) is 16.0. The quantitative estimate of drug-likeness (QED) is 0.560. The van der Waals surface area contributed by atoms with Crippen LogP contribution in [0.2, 0.25) is 0 Å². The zero-order chi connectivity index (χ0) is 21.3. The van der Waals surface area contributed by atoms with Crippen LogP contribution in [-0.4, -0.2) is 21.8 Å². The van der Waals surface area contributed by atoms with Crippen molar-refractivity contribution in [2.24, 2.45) is 11.3 Å². The number of aryl methyl sites for hydroxylation is 2. The maximum atomic E-state index is 12.0. The number of nitrogens with one attached hydrogen (secondary N) is 1. The van der Waals surface area contributed by atoms with E-state index in [1.54, 1.807) is 25.6 Å². The van der Waals surface area contributed by atoms with E-state index < -0.39 is 0 Å². The molecular weight excluding hydrogens is 428 g/mol. The highest BCUT2D eigenvalue weighted by Crippen LogP contribution is 2.37. The molecule has 6 heteroatoms. The van der Waals surface area contributed by atoms with E-state index in [2.05, 4.69) is 52.1 Å². The molecule has 0 radical (unpaired) electrons. The topological polar surface area (TPSA) is 59.8 Å². The van der Waals surface area contributed by atoms with Crippen LogP contribution in [0.4, 0.5) is 5.69 Å². The van der Waals surface area contributed by atoms with Crippen LogP contribution in [0.5, 0.6) is 0 Å². The predicted octanol–water partition coefficient (Wildman–Crippen LogP) is 5.69. The molecule has 5 nitrogen and oxygen atoms in total. The number of pyridine rings is 1. The van der Waals surface area contributed by atoms with E-state index in [9.17, 15) is 4.79 Å². The Balaban J connectivity index is 0.000000278. The molecule has 1 saturated carbocycles. The van der Waals surface area contributed by atoms with Gasteiger partial charge < -0.3 is 5.32 Å². The summed E-state index contributed by atoms with van der Waals surface area (Å²) in [5.41, 5.74) is 2.54. The summed E-state index contributed by atoms with van der Waals surface area (Å²) in [5, 5.41) is 7.08. The summed E-state index contributed by atoms with van der Waals surface area (Å²) < 4.78 is 2.03. The molecule has 29 heavy (non-hydrogen) atoms. The molecule has 1 atom stereocenters. The van der Waals surface area contributed by atoms with Crippen molar-refractivity contribution in [1.82, 2.24) is 14.8 Å². The first-order valence-electron chi connectivity index (χ1n) is 10.6. The molecule has 0 saturated heterocycles. The van der Waals surface area contributed by atoms with Gasteiger partial charge in [0.15, 0.2) is 0 Å². The molecule has 2 aromatic rings. The molecule has 0 aliphatic heterocycles. The lowest BCUT2D eigenvalue weighted by molar-refractivity contribution is 0.191. The number of halogens is 1. The predicted molar refractivity (Wildman–Crippen MR) is 124 cm³/mol. The van der Waals surface area contributed by atoms with Crippen molar-refractivity contribution in [2.45, 2.75) is 72.3 Å². The maximum Gasteiger partial charge on any atom is 0.283 e. The van der Waals surface area contributed by atoms with Crippen LogP contribution in [0, 0.1) is 11.3 Å². The molecule has 0 amide bonds. The van der Waals surface area contributed by atoms with Gasteiger partial charge in [-0.2, -0.15) is 5.10 Å². The van der Waals surface area contributed by atoms with Crippen molar-refractivity contribution in [3.63, 3.8) is 0 Å². The number of rotatable bonds is 6. The second-order valence-electron chi connectivity index (χ2n) is 8.83.